The van der Waals surface area contributed by atoms with Gasteiger partial charge in [-0.2, -0.15) is 0 Å². The molecule has 0 atom stereocenters. The summed E-state index contributed by atoms with van der Waals surface area (Å²) in [5.74, 6) is 0.260. The van der Waals surface area contributed by atoms with Crippen molar-refractivity contribution in [1.82, 2.24) is 9.88 Å². The highest BCUT2D eigenvalue weighted by Crippen LogP contribution is 2.46. The van der Waals surface area contributed by atoms with Crippen LogP contribution in [0.2, 0.25) is 0 Å². The van der Waals surface area contributed by atoms with Crippen LogP contribution in [0.1, 0.15) is 34.3 Å². The predicted octanol–water partition coefficient (Wildman–Crippen LogP) is 2.88. The van der Waals surface area contributed by atoms with E-state index >= 15 is 0 Å². The Kier molecular flexibility index (Phi) is 4.70. The fourth-order valence-corrected chi connectivity index (χ4v) is 5.50. The molecule has 1 aromatic heterocycles. The van der Waals surface area contributed by atoms with Gasteiger partial charge >= 0.3 is 0 Å². The minimum Gasteiger partial charge on any atom is -0.484 e. The maximum Gasteiger partial charge on any atom is 0.255 e. The van der Waals surface area contributed by atoms with Crippen molar-refractivity contribution in [2.24, 2.45) is 0 Å². The van der Waals surface area contributed by atoms with Crippen LogP contribution in [0.3, 0.4) is 0 Å². The van der Waals surface area contributed by atoms with E-state index in [1.807, 2.05) is 29.2 Å². The first-order chi connectivity index (χ1) is 14.6. The Bertz CT molecular complexity index is 1070. The topological polar surface area (TPSA) is 76.6 Å². The fraction of sp³-hybridized carbons (Fsp3) is 0.304. The van der Waals surface area contributed by atoms with Gasteiger partial charge < -0.3 is 9.64 Å². The lowest BCUT2D eigenvalue weighted by Crippen LogP contribution is -2.50. The van der Waals surface area contributed by atoms with Gasteiger partial charge in [-0.1, -0.05) is 24.3 Å². The van der Waals surface area contributed by atoms with E-state index < -0.39 is 17.2 Å². The Morgan fingerprint density at radius 3 is 2.67 bits per heavy atom. The van der Waals surface area contributed by atoms with Crippen molar-refractivity contribution in [2.45, 2.75) is 24.9 Å². The van der Waals surface area contributed by atoms with Gasteiger partial charge in [-0.15, -0.1) is 11.8 Å². The quantitative estimate of drug-likeness (QED) is 0.661. The van der Waals surface area contributed by atoms with Crippen LogP contribution in [0.15, 0.2) is 53.7 Å². The standard InChI is InChI=1S/C23H20N2O4S/c26-18-12-15-4-1-2-6-17(15)20-21(19(18)27)30-14-23(29-20)7-10-25(11-8-23)22(28)16-5-3-9-24-13-16/h1-6,9,13H,7-8,10-12,14H2. The van der Waals surface area contributed by atoms with Crippen molar-refractivity contribution in [3.8, 4) is 0 Å². The van der Waals surface area contributed by atoms with Crippen LogP contribution in [0, 0.1) is 0 Å². The first kappa shape index (κ1) is 19.1. The summed E-state index contributed by atoms with van der Waals surface area (Å²) in [6.07, 6.45) is 4.69. The number of hydrogen-bond donors (Lipinski definition) is 0. The number of carbonyl (C=O) groups is 3. The summed E-state index contributed by atoms with van der Waals surface area (Å²) in [6, 6.07) is 11.1. The summed E-state index contributed by atoms with van der Waals surface area (Å²) in [5, 5.41) is 0. The number of pyridine rings is 1. The SMILES string of the molecule is O=C1Cc2ccccc2C2=C(SCC3(CCN(C(=O)c4cccnc4)CC3)O2)C1=O. The van der Waals surface area contributed by atoms with Crippen LogP contribution in [-0.4, -0.2) is 51.8 Å². The Morgan fingerprint density at radius 1 is 1.10 bits per heavy atom. The number of fused-ring (bicyclic) bond motifs is 2. The zero-order chi connectivity index (χ0) is 20.7. The van der Waals surface area contributed by atoms with Crippen molar-refractivity contribution >= 4 is 35.0 Å². The lowest BCUT2D eigenvalue weighted by Gasteiger charge is -2.44. The van der Waals surface area contributed by atoms with E-state index in [1.54, 1.807) is 24.5 Å². The van der Waals surface area contributed by atoms with E-state index in [4.69, 9.17) is 4.74 Å². The second-order valence-electron chi connectivity index (χ2n) is 7.85. The molecule has 7 heteroatoms. The third kappa shape index (κ3) is 3.23. The van der Waals surface area contributed by atoms with Crippen LogP contribution in [0.4, 0.5) is 0 Å². The molecule has 2 aromatic rings. The van der Waals surface area contributed by atoms with Gasteiger partial charge in [0.1, 0.15) is 16.3 Å². The van der Waals surface area contributed by atoms with Crippen LogP contribution in [-0.2, 0) is 20.7 Å². The first-order valence-electron chi connectivity index (χ1n) is 9.98. The average Bonchev–Trinajstić information content (AvgIpc) is 2.89. The van der Waals surface area contributed by atoms with Crippen molar-refractivity contribution in [3.63, 3.8) is 0 Å². The molecule has 30 heavy (non-hydrogen) atoms. The minimum absolute atomic E-state index is 0.0260. The molecule has 5 rings (SSSR count). The second-order valence-corrected chi connectivity index (χ2v) is 8.84. The van der Waals surface area contributed by atoms with Crippen molar-refractivity contribution in [2.75, 3.05) is 18.8 Å². The number of carbonyl (C=O) groups excluding carboxylic acids is 3. The molecule has 152 valence electrons. The number of likely N-dealkylation sites (tertiary alicyclic amines) is 1. The normalized spacial score (nSPS) is 20.3. The van der Waals surface area contributed by atoms with Gasteiger partial charge in [0.25, 0.3) is 5.91 Å². The highest BCUT2D eigenvalue weighted by molar-refractivity contribution is 8.04. The maximum atomic E-state index is 12.7. The van der Waals surface area contributed by atoms with E-state index in [0.29, 0.717) is 47.9 Å². The zero-order valence-corrected chi connectivity index (χ0v) is 17.1. The number of hydrogen-bond acceptors (Lipinski definition) is 6. The molecule has 0 saturated carbocycles. The number of ketones is 2. The number of benzene rings is 1. The van der Waals surface area contributed by atoms with Crippen LogP contribution >= 0.6 is 11.8 Å². The summed E-state index contributed by atoms with van der Waals surface area (Å²) >= 11 is 1.42. The van der Waals surface area contributed by atoms with Crippen LogP contribution in [0.25, 0.3) is 5.76 Å². The molecule has 0 bridgehead atoms. The monoisotopic (exact) mass is 420 g/mol. The molecule has 1 fully saturated rings. The molecule has 3 heterocycles. The van der Waals surface area contributed by atoms with Gasteiger partial charge in [-0.25, -0.2) is 0 Å². The molecule has 1 spiro atoms. The number of thioether (sulfide) groups is 1. The van der Waals surface area contributed by atoms with Gasteiger partial charge in [0, 0.05) is 56.1 Å². The molecule has 1 aliphatic carbocycles. The Balaban J connectivity index is 1.39. The Labute approximate surface area is 178 Å². The van der Waals surface area contributed by atoms with Crippen LogP contribution < -0.4 is 0 Å². The van der Waals surface area contributed by atoms with Gasteiger partial charge in [-0.05, 0) is 17.7 Å². The largest absolute Gasteiger partial charge is 0.484 e. The fourth-order valence-electron chi connectivity index (χ4n) is 4.22. The molecule has 6 nitrogen and oxygen atoms in total. The molecular weight excluding hydrogens is 400 g/mol. The number of nitrogens with zero attached hydrogens (tertiary/aromatic N) is 2. The van der Waals surface area contributed by atoms with E-state index in [-0.39, 0.29) is 12.3 Å². The van der Waals surface area contributed by atoms with E-state index in [0.717, 1.165) is 11.1 Å². The molecule has 2 aliphatic heterocycles. The van der Waals surface area contributed by atoms with Gasteiger partial charge in [0.15, 0.2) is 0 Å². The molecule has 0 radical (unpaired) electrons. The summed E-state index contributed by atoms with van der Waals surface area (Å²) in [7, 11) is 0. The van der Waals surface area contributed by atoms with E-state index in [2.05, 4.69) is 4.98 Å². The lowest BCUT2D eigenvalue weighted by molar-refractivity contribution is -0.133. The number of aromatic nitrogens is 1. The predicted molar refractivity (Wildman–Crippen MR) is 113 cm³/mol. The zero-order valence-electron chi connectivity index (χ0n) is 16.3. The van der Waals surface area contributed by atoms with Crippen molar-refractivity contribution in [1.29, 1.82) is 0 Å². The third-order valence-corrected chi connectivity index (χ3v) is 7.28. The highest BCUT2D eigenvalue weighted by atomic mass is 32.2. The number of amides is 1. The van der Waals surface area contributed by atoms with E-state index in [1.165, 1.54) is 11.8 Å². The van der Waals surface area contributed by atoms with Crippen LogP contribution in [0.5, 0.6) is 0 Å². The van der Waals surface area contributed by atoms with Crippen molar-refractivity contribution < 1.29 is 19.1 Å². The Morgan fingerprint density at radius 2 is 1.90 bits per heavy atom. The maximum absolute atomic E-state index is 12.7. The molecule has 0 unspecified atom stereocenters. The molecule has 1 aromatic carbocycles. The van der Waals surface area contributed by atoms with Gasteiger partial charge in [0.2, 0.25) is 11.6 Å². The molecule has 1 saturated heterocycles. The van der Waals surface area contributed by atoms with Crippen molar-refractivity contribution in [3.05, 3.63) is 70.4 Å². The lowest BCUT2D eigenvalue weighted by atomic mass is 9.92. The highest BCUT2D eigenvalue weighted by Gasteiger charge is 2.45. The molecule has 3 aliphatic rings. The van der Waals surface area contributed by atoms with Gasteiger partial charge in [-0.3, -0.25) is 19.4 Å². The number of rotatable bonds is 1. The van der Waals surface area contributed by atoms with Gasteiger partial charge in [0.05, 0.1) is 5.56 Å². The molecule has 0 N–H and O–H groups in total. The summed E-state index contributed by atoms with van der Waals surface area (Å²) in [5.41, 5.74) is 1.78. The number of allylic oxidation sites excluding steroid dienone is 1. The number of ether oxygens (including phenoxy) is 1. The molecular formula is C23H20N2O4S. The summed E-state index contributed by atoms with van der Waals surface area (Å²) < 4.78 is 6.51. The summed E-state index contributed by atoms with van der Waals surface area (Å²) in [6.45, 7) is 1.15. The second kappa shape index (κ2) is 7.40. The summed E-state index contributed by atoms with van der Waals surface area (Å²) in [4.78, 5) is 44.0. The minimum atomic E-state index is -0.453. The Hall–Kier alpha value is -2.93. The smallest absolute Gasteiger partial charge is 0.255 e. The number of piperidine rings is 1. The molecule has 1 amide bonds. The first-order valence-corrected chi connectivity index (χ1v) is 11.0. The average molecular weight is 420 g/mol. The number of Topliss-reactive ketones (excluding diaryl/α,β-unsaturated/α-hetero) is 2. The van der Waals surface area contributed by atoms with E-state index in [9.17, 15) is 14.4 Å². The third-order valence-electron chi connectivity index (χ3n) is 5.95.